The Morgan fingerprint density at radius 1 is 1.19 bits per heavy atom. The van der Waals surface area contributed by atoms with Crippen LogP contribution in [0.3, 0.4) is 0 Å². The number of rotatable bonds is 4. The molecule has 0 fully saturated rings. The number of aliphatic carboxylic acids is 1. The number of amides is 1. The molecule has 0 radical (unpaired) electrons. The van der Waals surface area contributed by atoms with Crippen LogP contribution in [0.4, 0.5) is 13.2 Å². The van der Waals surface area contributed by atoms with Crippen molar-refractivity contribution in [2.75, 3.05) is 6.54 Å². The van der Waals surface area contributed by atoms with E-state index in [2.05, 4.69) is 15.3 Å². The molecule has 0 unspecified atom stereocenters. The van der Waals surface area contributed by atoms with Gasteiger partial charge in [0.1, 0.15) is 21.8 Å². The van der Waals surface area contributed by atoms with Crippen molar-refractivity contribution >= 4 is 33.4 Å². The number of carboxylic acids is 1. The maximum absolute atomic E-state index is 12.6. The monoisotopic (exact) mass is 397 g/mol. The van der Waals surface area contributed by atoms with E-state index in [0.717, 1.165) is 23.5 Å². The lowest BCUT2D eigenvalue weighted by Gasteiger charge is -2.06. The Kier molecular flexibility index (Phi) is 4.70. The number of aromatic hydroxyl groups is 1. The highest BCUT2D eigenvalue weighted by Crippen LogP contribution is 2.37. The minimum Gasteiger partial charge on any atom is -0.504 e. The second-order valence-electron chi connectivity index (χ2n) is 5.34. The predicted octanol–water partition coefficient (Wildman–Crippen LogP) is 2.90. The van der Waals surface area contributed by atoms with E-state index >= 15 is 0 Å². The number of thiazole rings is 1. The first-order chi connectivity index (χ1) is 12.7. The molecule has 0 saturated heterocycles. The molecule has 0 saturated carbocycles. The Morgan fingerprint density at radius 3 is 2.44 bits per heavy atom. The number of carbonyl (C=O) groups is 2. The van der Waals surface area contributed by atoms with Gasteiger partial charge < -0.3 is 15.5 Å². The number of pyridine rings is 1. The minimum atomic E-state index is -4.45. The van der Waals surface area contributed by atoms with Gasteiger partial charge in [0.2, 0.25) is 0 Å². The average Bonchev–Trinajstić information content (AvgIpc) is 3.04. The number of fused-ring (bicyclic) bond motifs is 1. The number of hydrogen-bond donors (Lipinski definition) is 3. The van der Waals surface area contributed by atoms with Crippen molar-refractivity contribution in [1.82, 2.24) is 15.3 Å². The molecule has 0 atom stereocenters. The van der Waals surface area contributed by atoms with Gasteiger partial charge in [-0.25, -0.2) is 9.97 Å². The van der Waals surface area contributed by atoms with Crippen LogP contribution in [0.25, 0.3) is 20.8 Å². The molecule has 1 amide bonds. The third-order valence-electron chi connectivity index (χ3n) is 3.48. The molecule has 0 aliphatic rings. The van der Waals surface area contributed by atoms with Gasteiger partial charge in [0.05, 0.1) is 11.8 Å². The van der Waals surface area contributed by atoms with Gasteiger partial charge in [0.15, 0.2) is 11.4 Å². The summed E-state index contributed by atoms with van der Waals surface area (Å²) < 4.78 is 38.1. The number of carbonyl (C=O) groups excluding carboxylic acids is 1. The molecule has 27 heavy (non-hydrogen) atoms. The van der Waals surface area contributed by atoms with Gasteiger partial charge in [0.25, 0.3) is 5.91 Å². The molecule has 11 heteroatoms. The highest BCUT2D eigenvalue weighted by Gasteiger charge is 2.30. The van der Waals surface area contributed by atoms with Crippen molar-refractivity contribution in [2.45, 2.75) is 6.18 Å². The van der Waals surface area contributed by atoms with Crippen molar-refractivity contribution in [3.05, 3.63) is 41.7 Å². The molecule has 2 aromatic heterocycles. The van der Waals surface area contributed by atoms with Crippen LogP contribution >= 0.6 is 11.3 Å². The van der Waals surface area contributed by atoms with Crippen LogP contribution in [-0.2, 0) is 11.0 Å². The summed E-state index contributed by atoms with van der Waals surface area (Å²) in [7, 11) is 0. The SMILES string of the molecule is O=C(O)CNC(=O)c1ncc2nc(-c3ccc(C(F)(F)F)cc3)sc2c1O. The number of nitrogens with one attached hydrogen (secondary N) is 1. The van der Waals surface area contributed by atoms with Gasteiger partial charge in [-0.2, -0.15) is 13.2 Å². The molecule has 0 bridgehead atoms. The predicted molar refractivity (Wildman–Crippen MR) is 89.5 cm³/mol. The first kappa shape index (κ1) is 18.6. The van der Waals surface area contributed by atoms with E-state index in [0.29, 0.717) is 10.6 Å². The molecule has 3 N–H and O–H groups in total. The summed E-state index contributed by atoms with van der Waals surface area (Å²) >= 11 is 0.968. The van der Waals surface area contributed by atoms with Gasteiger partial charge in [-0.15, -0.1) is 11.3 Å². The fourth-order valence-corrected chi connectivity index (χ4v) is 3.20. The summed E-state index contributed by atoms with van der Waals surface area (Å²) in [5.74, 6) is -2.61. The fraction of sp³-hybridized carbons (Fsp3) is 0.125. The summed E-state index contributed by atoms with van der Waals surface area (Å²) in [5, 5.41) is 21.2. The second-order valence-corrected chi connectivity index (χ2v) is 6.34. The lowest BCUT2D eigenvalue weighted by Crippen LogP contribution is -2.29. The van der Waals surface area contributed by atoms with Gasteiger partial charge in [-0.3, -0.25) is 9.59 Å². The number of benzene rings is 1. The van der Waals surface area contributed by atoms with E-state index in [1.165, 1.54) is 18.3 Å². The van der Waals surface area contributed by atoms with Crippen LogP contribution in [0.2, 0.25) is 0 Å². The standard InChI is InChI=1S/C16H10F3N3O4S/c17-16(18,19)8-3-1-7(2-4-8)15-22-9-5-20-11(12(25)13(9)27-15)14(26)21-6-10(23)24/h1-5,25H,6H2,(H,21,26)(H,23,24). The summed E-state index contributed by atoms with van der Waals surface area (Å²) in [5.41, 5.74) is -0.511. The zero-order valence-corrected chi connectivity index (χ0v) is 14.1. The molecule has 0 spiro atoms. The molecule has 0 aliphatic heterocycles. The van der Waals surface area contributed by atoms with Crippen LogP contribution < -0.4 is 5.32 Å². The lowest BCUT2D eigenvalue weighted by molar-refractivity contribution is -0.137. The number of aromatic nitrogens is 2. The maximum Gasteiger partial charge on any atom is 0.416 e. The number of alkyl halides is 3. The molecule has 0 aliphatic carbocycles. The van der Waals surface area contributed by atoms with Crippen molar-refractivity contribution in [1.29, 1.82) is 0 Å². The Morgan fingerprint density at radius 2 is 1.85 bits per heavy atom. The molecule has 2 heterocycles. The largest absolute Gasteiger partial charge is 0.504 e. The number of carboxylic acid groups (broad SMARTS) is 1. The van der Waals surface area contributed by atoms with Gasteiger partial charge in [-0.1, -0.05) is 12.1 Å². The highest BCUT2D eigenvalue weighted by molar-refractivity contribution is 7.22. The molecule has 1 aromatic carbocycles. The molecule has 3 rings (SSSR count). The lowest BCUT2D eigenvalue weighted by atomic mass is 10.1. The van der Waals surface area contributed by atoms with E-state index in [4.69, 9.17) is 5.11 Å². The smallest absolute Gasteiger partial charge is 0.416 e. The Bertz CT molecular complexity index is 1030. The van der Waals surface area contributed by atoms with Crippen LogP contribution in [0, 0.1) is 0 Å². The summed E-state index contributed by atoms with van der Waals surface area (Å²) in [6, 6.07) is 4.35. The van der Waals surface area contributed by atoms with E-state index in [1.807, 2.05) is 0 Å². The van der Waals surface area contributed by atoms with E-state index in [9.17, 15) is 27.9 Å². The zero-order chi connectivity index (χ0) is 19.8. The highest BCUT2D eigenvalue weighted by atomic mass is 32.1. The quantitative estimate of drug-likeness (QED) is 0.624. The summed E-state index contributed by atoms with van der Waals surface area (Å²) in [6.07, 6.45) is -3.23. The molecule has 7 nitrogen and oxygen atoms in total. The maximum atomic E-state index is 12.6. The topological polar surface area (TPSA) is 112 Å². The third-order valence-corrected chi connectivity index (χ3v) is 4.61. The Balaban J connectivity index is 1.95. The van der Waals surface area contributed by atoms with Gasteiger partial charge in [0, 0.05) is 5.56 Å². The van der Waals surface area contributed by atoms with E-state index in [1.54, 1.807) is 0 Å². The van der Waals surface area contributed by atoms with Gasteiger partial charge in [-0.05, 0) is 12.1 Å². The van der Waals surface area contributed by atoms with Crippen LogP contribution in [0.15, 0.2) is 30.5 Å². The molecular weight excluding hydrogens is 387 g/mol. The van der Waals surface area contributed by atoms with Crippen LogP contribution in [-0.4, -0.2) is 38.6 Å². The Labute approximate surface area is 153 Å². The molecule has 3 aromatic rings. The van der Waals surface area contributed by atoms with Crippen LogP contribution in [0.5, 0.6) is 5.75 Å². The number of halogens is 3. The van der Waals surface area contributed by atoms with Crippen LogP contribution in [0.1, 0.15) is 16.1 Å². The normalized spacial score (nSPS) is 11.5. The van der Waals surface area contributed by atoms with Crippen molar-refractivity contribution < 1.29 is 33.0 Å². The summed E-state index contributed by atoms with van der Waals surface area (Å²) in [4.78, 5) is 30.4. The van der Waals surface area contributed by atoms with E-state index < -0.39 is 35.9 Å². The van der Waals surface area contributed by atoms with Crippen molar-refractivity contribution in [2.24, 2.45) is 0 Å². The van der Waals surface area contributed by atoms with Gasteiger partial charge >= 0.3 is 12.1 Å². The first-order valence-electron chi connectivity index (χ1n) is 7.33. The minimum absolute atomic E-state index is 0.209. The number of hydrogen-bond acceptors (Lipinski definition) is 6. The molecule has 140 valence electrons. The first-order valence-corrected chi connectivity index (χ1v) is 8.14. The van der Waals surface area contributed by atoms with Crippen molar-refractivity contribution in [3.63, 3.8) is 0 Å². The number of nitrogens with zero attached hydrogens (tertiary/aromatic N) is 2. The second kappa shape index (κ2) is 6.83. The summed E-state index contributed by atoms with van der Waals surface area (Å²) in [6.45, 7) is -0.641. The fourth-order valence-electron chi connectivity index (χ4n) is 2.21. The van der Waals surface area contributed by atoms with Crippen molar-refractivity contribution in [3.8, 4) is 16.3 Å². The average molecular weight is 397 g/mol. The zero-order valence-electron chi connectivity index (χ0n) is 13.2. The molecular formula is C16H10F3N3O4S. The third kappa shape index (κ3) is 3.82. The van der Waals surface area contributed by atoms with E-state index in [-0.39, 0.29) is 15.9 Å². The Hall–Kier alpha value is -3.21.